The van der Waals surface area contributed by atoms with Crippen molar-refractivity contribution in [2.75, 3.05) is 13.2 Å². The molecule has 0 aromatic heterocycles. The number of hydrogen-bond donors (Lipinski definition) is 3. The zero-order chi connectivity index (χ0) is 14.2. The first-order valence-electron chi connectivity index (χ1n) is 6.66. The van der Waals surface area contributed by atoms with E-state index in [2.05, 4.69) is 5.32 Å². The number of para-hydroxylation sites is 2. The highest BCUT2D eigenvalue weighted by Crippen LogP contribution is 2.27. The Morgan fingerprint density at radius 3 is 2.55 bits per heavy atom. The van der Waals surface area contributed by atoms with Gasteiger partial charge in [-0.25, -0.2) is 0 Å². The lowest BCUT2D eigenvalue weighted by Crippen LogP contribution is -2.17. The summed E-state index contributed by atoms with van der Waals surface area (Å²) in [5.41, 5.74) is 0.689. The predicted octanol–water partition coefficient (Wildman–Crippen LogP) is 2.66. The van der Waals surface area contributed by atoms with E-state index in [4.69, 9.17) is 4.74 Å². The molecule has 3 N–H and O–H groups in total. The molecule has 0 spiro atoms. The molecule has 0 bridgehead atoms. The van der Waals surface area contributed by atoms with Crippen LogP contribution in [0.5, 0.6) is 17.2 Å². The first-order chi connectivity index (χ1) is 9.77. The van der Waals surface area contributed by atoms with Gasteiger partial charge in [0.25, 0.3) is 0 Å². The summed E-state index contributed by atoms with van der Waals surface area (Å²) >= 11 is 0. The summed E-state index contributed by atoms with van der Waals surface area (Å²) in [5, 5.41) is 22.2. The molecule has 20 heavy (non-hydrogen) atoms. The number of phenols is 2. The van der Waals surface area contributed by atoms with Crippen LogP contribution in [-0.2, 0) is 6.54 Å². The van der Waals surface area contributed by atoms with Gasteiger partial charge in [0.15, 0.2) is 11.5 Å². The van der Waals surface area contributed by atoms with Crippen LogP contribution in [0.3, 0.4) is 0 Å². The van der Waals surface area contributed by atoms with Gasteiger partial charge in [-0.1, -0.05) is 30.3 Å². The average Bonchev–Trinajstić information content (AvgIpc) is 2.48. The summed E-state index contributed by atoms with van der Waals surface area (Å²) in [6.45, 7) is 1.94. The lowest BCUT2D eigenvalue weighted by molar-refractivity contribution is 0.308. The molecule has 2 rings (SSSR count). The fourth-order valence-electron chi connectivity index (χ4n) is 1.85. The highest BCUT2D eigenvalue weighted by Gasteiger charge is 2.04. The van der Waals surface area contributed by atoms with Crippen molar-refractivity contribution >= 4 is 0 Å². The molecule has 0 saturated carbocycles. The van der Waals surface area contributed by atoms with Crippen molar-refractivity contribution in [1.82, 2.24) is 5.32 Å². The number of rotatable bonds is 7. The summed E-state index contributed by atoms with van der Waals surface area (Å²) in [5.74, 6) is 0.732. The first kappa shape index (κ1) is 14.2. The van der Waals surface area contributed by atoms with Crippen LogP contribution in [-0.4, -0.2) is 23.4 Å². The summed E-state index contributed by atoms with van der Waals surface area (Å²) < 4.78 is 5.57. The van der Waals surface area contributed by atoms with Crippen molar-refractivity contribution in [3.05, 3.63) is 54.1 Å². The molecule has 2 aromatic rings. The van der Waals surface area contributed by atoms with E-state index in [0.29, 0.717) is 18.7 Å². The molecule has 0 fully saturated rings. The Labute approximate surface area is 118 Å². The Balaban J connectivity index is 1.63. The van der Waals surface area contributed by atoms with E-state index >= 15 is 0 Å². The van der Waals surface area contributed by atoms with E-state index in [-0.39, 0.29) is 11.5 Å². The van der Waals surface area contributed by atoms with Crippen molar-refractivity contribution < 1.29 is 14.9 Å². The second-order valence-electron chi connectivity index (χ2n) is 4.48. The summed E-state index contributed by atoms with van der Waals surface area (Å²) in [6, 6.07) is 14.7. The second-order valence-corrected chi connectivity index (χ2v) is 4.48. The predicted molar refractivity (Wildman–Crippen MR) is 78.0 cm³/mol. The van der Waals surface area contributed by atoms with E-state index < -0.39 is 0 Å². The summed E-state index contributed by atoms with van der Waals surface area (Å²) in [7, 11) is 0. The van der Waals surface area contributed by atoms with Crippen molar-refractivity contribution in [1.29, 1.82) is 0 Å². The maximum Gasteiger partial charge on any atom is 0.161 e. The third-order valence-electron chi connectivity index (χ3n) is 2.92. The van der Waals surface area contributed by atoms with Crippen LogP contribution < -0.4 is 10.1 Å². The Hall–Kier alpha value is -2.20. The minimum absolute atomic E-state index is 0.0551. The molecule has 0 aliphatic carbocycles. The van der Waals surface area contributed by atoms with Crippen LogP contribution in [0.15, 0.2) is 48.5 Å². The van der Waals surface area contributed by atoms with Gasteiger partial charge in [-0.15, -0.1) is 0 Å². The quantitative estimate of drug-likeness (QED) is 0.536. The van der Waals surface area contributed by atoms with Crippen molar-refractivity contribution in [3.63, 3.8) is 0 Å². The summed E-state index contributed by atoms with van der Waals surface area (Å²) in [6.07, 6.45) is 0.870. The standard InChI is InChI=1S/C16H19NO3/c18-15-9-4-6-13(16(15)19)12-17-10-5-11-20-14-7-2-1-3-8-14/h1-4,6-9,17-19H,5,10-12H2. The normalized spacial score (nSPS) is 10.4. The van der Waals surface area contributed by atoms with Gasteiger partial charge in [0.2, 0.25) is 0 Å². The van der Waals surface area contributed by atoms with Gasteiger partial charge in [0, 0.05) is 12.1 Å². The van der Waals surface area contributed by atoms with Crippen LogP contribution >= 0.6 is 0 Å². The molecule has 2 aromatic carbocycles. The highest BCUT2D eigenvalue weighted by molar-refractivity contribution is 5.44. The largest absolute Gasteiger partial charge is 0.504 e. The van der Waals surface area contributed by atoms with Crippen LogP contribution in [0.4, 0.5) is 0 Å². The lowest BCUT2D eigenvalue weighted by Gasteiger charge is -2.09. The SMILES string of the molecule is Oc1cccc(CNCCCOc2ccccc2)c1O. The molecule has 0 heterocycles. The van der Waals surface area contributed by atoms with Gasteiger partial charge in [-0.3, -0.25) is 0 Å². The Morgan fingerprint density at radius 1 is 0.950 bits per heavy atom. The zero-order valence-corrected chi connectivity index (χ0v) is 11.2. The second kappa shape index (κ2) is 7.40. The van der Waals surface area contributed by atoms with E-state index in [1.165, 1.54) is 6.07 Å². The molecule has 4 heteroatoms. The van der Waals surface area contributed by atoms with E-state index in [9.17, 15) is 10.2 Å². The zero-order valence-electron chi connectivity index (χ0n) is 11.2. The van der Waals surface area contributed by atoms with Crippen LogP contribution in [0.1, 0.15) is 12.0 Å². The molecule has 106 valence electrons. The van der Waals surface area contributed by atoms with Crippen LogP contribution in [0, 0.1) is 0 Å². The monoisotopic (exact) mass is 273 g/mol. The Bertz CT molecular complexity index is 529. The third kappa shape index (κ3) is 4.17. The molecular weight excluding hydrogens is 254 g/mol. The van der Waals surface area contributed by atoms with Crippen LogP contribution in [0.25, 0.3) is 0 Å². The smallest absolute Gasteiger partial charge is 0.161 e. The molecule has 4 nitrogen and oxygen atoms in total. The maximum absolute atomic E-state index is 9.63. The van der Waals surface area contributed by atoms with Gasteiger partial charge in [-0.2, -0.15) is 0 Å². The first-order valence-corrected chi connectivity index (χ1v) is 6.66. The van der Waals surface area contributed by atoms with Gasteiger partial charge in [-0.05, 0) is 31.2 Å². The topological polar surface area (TPSA) is 61.7 Å². The van der Waals surface area contributed by atoms with Crippen molar-refractivity contribution in [3.8, 4) is 17.2 Å². The van der Waals surface area contributed by atoms with Crippen molar-refractivity contribution in [2.24, 2.45) is 0 Å². The van der Waals surface area contributed by atoms with Gasteiger partial charge >= 0.3 is 0 Å². The molecule has 0 radical (unpaired) electrons. The number of aromatic hydroxyl groups is 2. The molecule has 0 unspecified atom stereocenters. The van der Waals surface area contributed by atoms with E-state index in [1.807, 2.05) is 30.3 Å². The minimum atomic E-state index is -0.0864. The number of hydrogen-bond acceptors (Lipinski definition) is 4. The Kier molecular flexibility index (Phi) is 5.26. The Morgan fingerprint density at radius 2 is 1.75 bits per heavy atom. The van der Waals surface area contributed by atoms with Gasteiger partial charge < -0.3 is 20.3 Å². The van der Waals surface area contributed by atoms with E-state index in [1.54, 1.807) is 12.1 Å². The number of phenolic OH excluding ortho intramolecular Hbond substituents is 2. The molecule has 0 atom stereocenters. The van der Waals surface area contributed by atoms with E-state index in [0.717, 1.165) is 18.7 Å². The molecule has 0 aliphatic heterocycles. The fraction of sp³-hybridized carbons (Fsp3) is 0.250. The highest BCUT2D eigenvalue weighted by atomic mass is 16.5. The molecular formula is C16H19NO3. The summed E-state index contributed by atoms with van der Waals surface area (Å²) in [4.78, 5) is 0. The minimum Gasteiger partial charge on any atom is -0.504 e. The molecule has 0 saturated heterocycles. The maximum atomic E-state index is 9.63. The number of ether oxygens (including phenoxy) is 1. The average molecular weight is 273 g/mol. The van der Waals surface area contributed by atoms with Crippen molar-refractivity contribution in [2.45, 2.75) is 13.0 Å². The molecule has 0 amide bonds. The van der Waals surface area contributed by atoms with Gasteiger partial charge in [0.05, 0.1) is 6.61 Å². The van der Waals surface area contributed by atoms with Gasteiger partial charge in [0.1, 0.15) is 5.75 Å². The van der Waals surface area contributed by atoms with Crippen LogP contribution in [0.2, 0.25) is 0 Å². The number of nitrogens with one attached hydrogen (secondary N) is 1. The lowest BCUT2D eigenvalue weighted by atomic mass is 10.2. The third-order valence-corrected chi connectivity index (χ3v) is 2.92. The molecule has 0 aliphatic rings. The number of benzene rings is 2. The fourth-order valence-corrected chi connectivity index (χ4v) is 1.85.